The van der Waals surface area contributed by atoms with Gasteiger partial charge in [0.2, 0.25) is 11.1 Å². The Morgan fingerprint density at radius 3 is 3.04 bits per heavy atom. The summed E-state index contributed by atoms with van der Waals surface area (Å²) in [5, 5.41) is 9.30. The fourth-order valence-corrected chi connectivity index (χ4v) is 5.35. The first-order valence-electron chi connectivity index (χ1n) is 7.97. The molecule has 0 aliphatic carbocycles. The topological polar surface area (TPSA) is 61.9 Å². The highest BCUT2D eigenvalue weighted by Crippen LogP contribution is 2.39. The Kier molecular flexibility index (Phi) is 5.28. The van der Waals surface area contributed by atoms with Crippen LogP contribution < -0.4 is 0 Å². The Hall–Kier alpha value is -1.84. The van der Waals surface area contributed by atoms with Crippen LogP contribution in [-0.4, -0.2) is 44.0 Å². The van der Waals surface area contributed by atoms with Crippen LogP contribution in [0.1, 0.15) is 10.9 Å². The molecule has 0 bridgehead atoms. The lowest BCUT2D eigenvalue weighted by Gasteiger charge is -2.24. The molecule has 0 radical (unpaired) electrons. The van der Waals surface area contributed by atoms with Crippen molar-refractivity contribution in [3.63, 3.8) is 0 Å². The number of aromatic amines is 1. The maximum atomic E-state index is 14.1. The minimum Gasteiger partial charge on any atom is -0.325 e. The molecule has 1 aromatic carbocycles. The Morgan fingerprint density at radius 2 is 2.23 bits per heavy atom. The summed E-state index contributed by atoms with van der Waals surface area (Å²) in [7, 11) is 0. The summed E-state index contributed by atoms with van der Waals surface area (Å²) in [5.74, 6) is 1.43. The number of amides is 1. The summed E-state index contributed by atoms with van der Waals surface area (Å²) in [6.07, 6.45) is 0. The second-order valence-corrected chi connectivity index (χ2v) is 8.64. The van der Waals surface area contributed by atoms with Gasteiger partial charge in [0.25, 0.3) is 0 Å². The van der Waals surface area contributed by atoms with Crippen molar-refractivity contribution in [3.8, 4) is 10.7 Å². The third-order valence-electron chi connectivity index (χ3n) is 3.93. The molecular formula is C17H15FN4OS3. The zero-order valence-corrected chi connectivity index (χ0v) is 16.0. The number of H-pyrrole nitrogens is 1. The summed E-state index contributed by atoms with van der Waals surface area (Å²) in [5.41, 5.74) is 0.561. The van der Waals surface area contributed by atoms with Gasteiger partial charge in [0.05, 0.1) is 10.6 Å². The molecule has 1 amide bonds. The maximum Gasteiger partial charge on any atom is 0.234 e. The monoisotopic (exact) mass is 406 g/mol. The van der Waals surface area contributed by atoms with Gasteiger partial charge in [0, 0.05) is 17.9 Å². The number of nitrogens with zero attached hydrogens (tertiary/aromatic N) is 3. The van der Waals surface area contributed by atoms with Gasteiger partial charge >= 0.3 is 0 Å². The molecule has 26 heavy (non-hydrogen) atoms. The summed E-state index contributed by atoms with van der Waals surface area (Å²) >= 11 is 4.46. The highest BCUT2D eigenvalue weighted by Gasteiger charge is 2.32. The average molecular weight is 407 g/mol. The number of halogens is 1. The van der Waals surface area contributed by atoms with Crippen molar-refractivity contribution in [1.29, 1.82) is 0 Å². The summed E-state index contributed by atoms with van der Waals surface area (Å²) < 4.78 is 14.1. The van der Waals surface area contributed by atoms with E-state index in [0.717, 1.165) is 10.6 Å². The number of benzene rings is 1. The van der Waals surface area contributed by atoms with E-state index in [9.17, 15) is 9.18 Å². The zero-order valence-electron chi connectivity index (χ0n) is 13.6. The molecule has 0 saturated carbocycles. The highest BCUT2D eigenvalue weighted by molar-refractivity contribution is 8.00. The van der Waals surface area contributed by atoms with Crippen LogP contribution in [0.3, 0.4) is 0 Å². The van der Waals surface area contributed by atoms with Gasteiger partial charge in [-0.2, -0.15) is 0 Å². The van der Waals surface area contributed by atoms with Crippen LogP contribution in [0.5, 0.6) is 0 Å². The molecule has 0 spiro atoms. The van der Waals surface area contributed by atoms with Crippen LogP contribution in [-0.2, 0) is 4.79 Å². The Labute approximate surface area is 162 Å². The van der Waals surface area contributed by atoms with E-state index in [1.165, 1.54) is 17.8 Å². The van der Waals surface area contributed by atoms with Crippen LogP contribution in [0.25, 0.3) is 10.7 Å². The van der Waals surface area contributed by atoms with E-state index in [0.29, 0.717) is 23.1 Å². The van der Waals surface area contributed by atoms with Crippen molar-refractivity contribution in [2.45, 2.75) is 10.5 Å². The van der Waals surface area contributed by atoms with Crippen molar-refractivity contribution in [1.82, 2.24) is 20.1 Å². The van der Waals surface area contributed by atoms with Crippen LogP contribution in [0.15, 0.2) is 46.9 Å². The van der Waals surface area contributed by atoms with Crippen molar-refractivity contribution >= 4 is 40.8 Å². The van der Waals surface area contributed by atoms with Crippen LogP contribution in [0.2, 0.25) is 0 Å². The molecule has 1 fully saturated rings. The Balaban J connectivity index is 1.41. The lowest BCUT2D eigenvalue weighted by Crippen LogP contribution is -2.32. The zero-order chi connectivity index (χ0) is 17.9. The van der Waals surface area contributed by atoms with Gasteiger partial charge in [-0.3, -0.25) is 9.89 Å². The third-order valence-corrected chi connectivity index (χ3v) is 6.88. The van der Waals surface area contributed by atoms with Crippen molar-refractivity contribution in [3.05, 3.63) is 53.2 Å². The molecular weight excluding hydrogens is 391 g/mol. The molecule has 3 aromatic rings. The smallest absolute Gasteiger partial charge is 0.234 e. The van der Waals surface area contributed by atoms with Crippen molar-refractivity contribution < 1.29 is 9.18 Å². The predicted molar refractivity (Wildman–Crippen MR) is 104 cm³/mol. The summed E-state index contributed by atoms with van der Waals surface area (Å²) in [6, 6.07) is 10.6. The molecule has 4 rings (SSSR count). The molecule has 2 aromatic heterocycles. The van der Waals surface area contributed by atoms with E-state index in [2.05, 4.69) is 15.2 Å². The Bertz CT molecular complexity index is 899. The molecule has 9 heteroatoms. The van der Waals surface area contributed by atoms with Gasteiger partial charge in [0.1, 0.15) is 11.2 Å². The minimum atomic E-state index is -0.271. The highest BCUT2D eigenvalue weighted by atomic mass is 32.2. The lowest BCUT2D eigenvalue weighted by atomic mass is 10.2. The molecule has 1 unspecified atom stereocenters. The SMILES string of the molecule is O=C(CSc1n[nH]c(-c2cccs2)n1)N1CCSC1c1ccccc1F. The first kappa shape index (κ1) is 17.6. The van der Waals surface area contributed by atoms with Crippen LogP contribution in [0, 0.1) is 5.82 Å². The van der Waals surface area contributed by atoms with Gasteiger partial charge in [-0.1, -0.05) is 36.0 Å². The Morgan fingerprint density at radius 1 is 1.35 bits per heavy atom. The van der Waals surface area contributed by atoms with Gasteiger partial charge in [0.15, 0.2) is 5.82 Å². The fourth-order valence-electron chi connectivity index (χ4n) is 2.70. The number of hydrogen-bond acceptors (Lipinski definition) is 6. The molecule has 1 N–H and O–H groups in total. The second-order valence-electron chi connectivity index (χ2n) is 5.56. The molecule has 134 valence electrons. The maximum absolute atomic E-state index is 14.1. The largest absolute Gasteiger partial charge is 0.325 e. The van der Waals surface area contributed by atoms with E-state index in [4.69, 9.17) is 0 Å². The summed E-state index contributed by atoms with van der Waals surface area (Å²) in [4.78, 5) is 19.8. The van der Waals surface area contributed by atoms with E-state index in [1.807, 2.05) is 17.5 Å². The fraction of sp³-hybridized carbons (Fsp3) is 0.235. The molecule has 1 atom stereocenters. The van der Waals surface area contributed by atoms with Gasteiger partial charge in [-0.05, 0) is 17.5 Å². The van der Waals surface area contributed by atoms with Gasteiger partial charge in [-0.15, -0.1) is 28.2 Å². The predicted octanol–water partition coefficient (Wildman–Crippen LogP) is 4.04. The van der Waals surface area contributed by atoms with E-state index in [-0.39, 0.29) is 22.9 Å². The first-order valence-corrected chi connectivity index (χ1v) is 10.9. The van der Waals surface area contributed by atoms with E-state index < -0.39 is 0 Å². The third kappa shape index (κ3) is 3.65. The van der Waals surface area contributed by atoms with E-state index >= 15 is 0 Å². The number of thioether (sulfide) groups is 2. The average Bonchev–Trinajstić information content (AvgIpc) is 3.40. The van der Waals surface area contributed by atoms with Crippen molar-refractivity contribution in [2.24, 2.45) is 0 Å². The molecule has 1 saturated heterocycles. The lowest BCUT2D eigenvalue weighted by molar-refractivity contribution is -0.128. The van der Waals surface area contributed by atoms with Crippen LogP contribution >= 0.6 is 34.9 Å². The molecule has 3 heterocycles. The van der Waals surface area contributed by atoms with E-state index in [1.54, 1.807) is 46.2 Å². The minimum absolute atomic E-state index is 0.0317. The number of carbonyl (C=O) groups is 1. The normalized spacial score (nSPS) is 17.0. The number of aromatic nitrogens is 3. The standard InChI is InChI=1S/C17H15FN4OS3/c18-12-5-2-1-4-11(12)16-22(7-9-25-16)14(23)10-26-17-19-15(20-21-17)13-6-3-8-24-13/h1-6,8,16H,7,9-10H2,(H,19,20,21). The number of carbonyl (C=O) groups excluding carboxylic acids is 1. The molecule has 5 nitrogen and oxygen atoms in total. The van der Waals surface area contributed by atoms with Crippen LogP contribution in [0.4, 0.5) is 4.39 Å². The first-order chi connectivity index (χ1) is 12.7. The second kappa shape index (κ2) is 7.81. The summed E-state index contributed by atoms with van der Waals surface area (Å²) in [6.45, 7) is 0.623. The van der Waals surface area contributed by atoms with Crippen molar-refractivity contribution in [2.75, 3.05) is 18.1 Å². The van der Waals surface area contributed by atoms with Gasteiger partial charge in [-0.25, -0.2) is 9.37 Å². The number of hydrogen-bond donors (Lipinski definition) is 1. The quantitative estimate of drug-likeness (QED) is 0.648. The molecule has 1 aliphatic rings. The van der Waals surface area contributed by atoms with Gasteiger partial charge < -0.3 is 4.90 Å². The number of rotatable bonds is 5. The number of thiophene rings is 1. The molecule has 1 aliphatic heterocycles. The number of nitrogens with one attached hydrogen (secondary N) is 1.